The number of ketones is 1. The van der Waals surface area contributed by atoms with Crippen LogP contribution in [0, 0.1) is 5.41 Å². The normalized spacial score (nSPS) is 19.6. The first-order chi connectivity index (χ1) is 6.89. The van der Waals surface area contributed by atoms with Crippen molar-refractivity contribution in [2.45, 2.75) is 40.5 Å². The summed E-state index contributed by atoms with van der Waals surface area (Å²) in [4.78, 5) is 23.0. The Balaban J connectivity index is 2.81. The highest BCUT2D eigenvalue weighted by molar-refractivity contribution is 5.94. The van der Waals surface area contributed by atoms with Crippen molar-refractivity contribution in [1.82, 2.24) is 0 Å². The molecule has 0 radical (unpaired) electrons. The van der Waals surface area contributed by atoms with Crippen LogP contribution >= 0.6 is 0 Å². The summed E-state index contributed by atoms with van der Waals surface area (Å²) >= 11 is 0. The highest BCUT2D eigenvalue weighted by atomic mass is 16.5. The van der Waals surface area contributed by atoms with E-state index in [-0.39, 0.29) is 18.2 Å². The van der Waals surface area contributed by atoms with Crippen LogP contribution in [0.2, 0.25) is 0 Å². The third-order valence-electron chi connectivity index (χ3n) is 3.02. The minimum Gasteiger partial charge on any atom is -0.466 e. The Morgan fingerprint density at radius 2 is 2.07 bits per heavy atom. The number of Topliss-reactive ketones (excluding diaryl/α,β-unsaturated/α-hetero) is 1. The highest BCUT2D eigenvalue weighted by Crippen LogP contribution is 2.41. The monoisotopic (exact) mass is 210 g/mol. The third-order valence-corrected chi connectivity index (χ3v) is 3.02. The molecule has 0 heterocycles. The molecule has 0 fully saturated rings. The molecule has 0 bridgehead atoms. The van der Waals surface area contributed by atoms with E-state index >= 15 is 0 Å². The van der Waals surface area contributed by atoms with Crippen LogP contribution in [0.1, 0.15) is 40.5 Å². The number of allylic oxidation sites excluding steroid dienone is 1. The fraction of sp³-hybridized carbons (Fsp3) is 0.667. The van der Waals surface area contributed by atoms with Crippen molar-refractivity contribution in [2.75, 3.05) is 6.61 Å². The maximum absolute atomic E-state index is 11.7. The molecule has 1 aliphatic carbocycles. The Morgan fingerprint density at radius 1 is 1.47 bits per heavy atom. The van der Waals surface area contributed by atoms with Crippen molar-refractivity contribution in [2.24, 2.45) is 5.41 Å². The molecule has 0 atom stereocenters. The molecule has 3 heteroatoms. The lowest BCUT2D eigenvalue weighted by atomic mass is 9.83. The lowest BCUT2D eigenvalue weighted by Crippen LogP contribution is -2.22. The van der Waals surface area contributed by atoms with Crippen molar-refractivity contribution in [3.05, 3.63) is 11.1 Å². The quantitative estimate of drug-likeness (QED) is 0.530. The van der Waals surface area contributed by atoms with Crippen LogP contribution in [0.3, 0.4) is 0 Å². The van der Waals surface area contributed by atoms with E-state index in [1.54, 1.807) is 6.92 Å². The number of esters is 1. The second-order valence-electron chi connectivity index (χ2n) is 4.47. The summed E-state index contributed by atoms with van der Waals surface area (Å²) in [6, 6.07) is 0. The SMILES string of the molecule is CCOC(=O)CC1=C(C)CC(=O)C1(C)C. The zero-order valence-electron chi connectivity index (χ0n) is 9.85. The van der Waals surface area contributed by atoms with Crippen LogP contribution in [0.15, 0.2) is 11.1 Å². The maximum atomic E-state index is 11.7. The molecule has 0 amide bonds. The van der Waals surface area contributed by atoms with E-state index in [1.165, 1.54) is 0 Å². The van der Waals surface area contributed by atoms with Crippen LogP contribution in [-0.4, -0.2) is 18.4 Å². The minimum absolute atomic E-state index is 0.194. The standard InChI is InChI=1S/C12H18O3/c1-5-15-11(14)7-9-8(2)6-10(13)12(9,3)4/h5-7H2,1-4H3. The minimum atomic E-state index is -0.489. The molecule has 3 nitrogen and oxygen atoms in total. The van der Waals surface area contributed by atoms with E-state index in [2.05, 4.69) is 0 Å². The van der Waals surface area contributed by atoms with Crippen molar-refractivity contribution < 1.29 is 14.3 Å². The molecule has 0 unspecified atom stereocenters. The van der Waals surface area contributed by atoms with Gasteiger partial charge in [-0.05, 0) is 33.3 Å². The van der Waals surface area contributed by atoms with Gasteiger partial charge in [0.25, 0.3) is 0 Å². The van der Waals surface area contributed by atoms with Gasteiger partial charge in [-0.25, -0.2) is 0 Å². The van der Waals surface area contributed by atoms with Crippen LogP contribution in [0.4, 0.5) is 0 Å². The lowest BCUT2D eigenvalue weighted by Gasteiger charge is -2.20. The van der Waals surface area contributed by atoms with Gasteiger partial charge in [0.15, 0.2) is 0 Å². The first-order valence-corrected chi connectivity index (χ1v) is 5.27. The maximum Gasteiger partial charge on any atom is 0.309 e. The predicted octanol–water partition coefficient (Wildman–Crippen LogP) is 2.26. The predicted molar refractivity (Wildman–Crippen MR) is 57.4 cm³/mol. The summed E-state index contributed by atoms with van der Waals surface area (Å²) in [5, 5.41) is 0. The summed E-state index contributed by atoms with van der Waals surface area (Å²) in [6.45, 7) is 7.84. The lowest BCUT2D eigenvalue weighted by molar-refractivity contribution is -0.142. The number of hydrogen-bond acceptors (Lipinski definition) is 3. The molecule has 0 aromatic carbocycles. The van der Waals surface area contributed by atoms with Gasteiger partial charge in [0.1, 0.15) is 5.78 Å². The number of hydrogen-bond donors (Lipinski definition) is 0. The average Bonchev–Trinajstić information content (AvgIpc) is 2.29. The second-order valence-corrected chi connectivity index (χ2v) is 4.47. The van der Waals surface area contributed by atoms with E-state index in [0.717, 1.165) is 11.1 Å². The molecule has 0 saturated heterocycles. The smallest absolute Gasteiger partial charge is 0.309 e. The molecular weight excluding hydrogens is 192 g/mol. The zero-order chi connectivity index (χ0) is 11.6. The number of carbonyl (C=O) groups is 2. The Bertz CT molecular complexity index is 324. The van der Waals surface area contributed by atoms with Crippen molar-refractivity contribution in [1.29, 1.82) is 0 Å². The Morgan fingerprint density at radius 3 is 2.47 bits per heavy atom. The molecule has 1 aliphatic rings. The Labute approximate surface area is 90.5 Å². The summed E-state index contributed by atoms with van der Waals surface area (Å²) in [5.74, 6) is -0.0473. The topological polar surface area (TPSA) is 43.4 Å². The van der Waals surface area contributed by atoms with Crippen LogP contribution in [-0.2, 0) is 14.3 Å². The first kappa shape index (κ1) is 12.0. The summed E-state index contributed by atoms with van der Waals surface area (Å²) in [6.07, 6.45) is 0.722. The van der Waals surface area contributed by atoms with Crippen molar-refractivity contribution in [3.8, 4) is 0 Å². The number of rotatable bonds is 3. The molecule has 0 spiro atoms. The first-order valence-electron chi connectivity index (χ1n) is 5.27. The molecule has 15 heavy (non-hydrogen) atoms. The van der Waals surface area contributed by atoms with Gasteiger partial charge in [0.2, 0.25) is 0 Å². The van der Waals surface area contributed by atoms with Gasteiger partial charge in [-0.1, -0.05) is 5.57 Å². The van der Waals surface area contributed by atoms with Gasteiger partial charge < -0.3 is 4.74 Å². The highest BCUT2D eigenvalue weighted by Gasteiger charge is 2.39. The van der Waals surface area contributed by atoms with Gasteiger partial charge >= 0.3 is 5.97 Å². The fourth-order valence-electron chi connectivity index (χ4n) is 2.00. The molecular formula is C12H18O3. The molecule has 0 N–H and O–H groups in total. The summed E-state index contributed by atoms with van der Waals surface area (Å²) < 4.78 is 4.90. The van der Waals surface area contributed by atoms with Crippen molar-refractivity contribution in [3.63, 3.8) is 0 Å². The number of ether oxygens (including phenoxy) is 1. The van der Waals surface area contributed by atoms with Crippen LogP contribution < -0.4 is 0 Å². The molecule has 0 aromatic rings. The zero-order valence-corrected chi connectivity index (χ0v) is 9.85. The van der Waals surface area contributed by atoms with Crippen LogP contribution in [0.5, 0.6) is 0 Å². The summed E-state index contributed by atoms with van der Waals surface area (Å²) in [7, 11) is 0. The molecule has 0 aliphatic heterocycles. The fourth-order valence-corrected chi connectivity index (χ4v) is 2.00. The van der Waals surface area contributed by atoms with Gasteiger partial charge in [-0.2, -0.15) is 0 Å². The largest absolute Gasteiger partial charge is 0.466 e. The third kappa shape index (κ3) is 2.28. The summed E-state index contributed by atoms with van der Waals surface area (Å²) in [5.41, 5.74) is 1.47. The van der Waals surface area contributed by atoms with E-state index in [0.29, 0.717) is 13.0 Å². The Kier molecular flexibility index (Phi) is 3.32. The Hall–Kier alpha value is -1.12. The van der Waals surface area contributed by atoms with Crippen LogP contribution in [0.25, 0.3) is 0 Å². The molecule has 0 saturated carbocycles. The molecule has 1 rings (SSSR count). The van der Waals surface area contributed by atoms with Gasteiger partial charge in [-0.15, -0.1) is 0 Å². The van der Waals surface area contributed by atoms with Gasteiger partial charge in [0.05, 0.1) is 13.0 Å². The molecule has 84 valence electrons. The second kappa shape index (κ2) is 4.17. The van der Waals surface area contributed by atoms with E-state index < -0.39 is 5.41 Å². The number of carbonyl (C=O) groups excluding carboxylic acids is 2. The van der Waals surface area contributed by atoms with Gasteiger partial charge in [-0.3, -0.25) is 9.59 Å². The van der Waals surface area contributed by atoms with E-state index in [1.807, 2.05) is 20.8 Å². The van der Waals surface area contributed by atoms with Gasteiger partial charge in [0, 0.05) is 11.8 Å². The van der Waals surface area contributed by atoms with E-state index in [9.17, 15) is 9.59 Å². The average molecular weight is 210 g/mol. The van der Waals surface area contributed by atoms with E-state index in [4.69, 9.17) is 4.74 Å². The van der Waals surface area contributed by atoms with Crippen molar-refractivity contribution >= 4 is 11.8 Å². The molecule has 0 aromatic heterocycles.